The van der Waals surface area contributed by atoms with Gasteiger partial charge in [0.25, 0.3) is 0 Å². The first kappa shape index (κ1) is 23.0. The number of hydrogen-bond donors (Lipinski definition) is 0. The molecule has 1 amide bonds. The van der Waals surface area contributed by atoms with E-state index in [1.807, 2.05) is 24.0 Å². The van der Waals surface area contributed by atoms with Crippen molar-refractivity contribution in [3.8, 4) is 0 Å². The molecule has 6 nitrogen and oxygen atoms in total. The molecule has 4 rings (SSSR count). The van der Waals surface area contributed by atoms with Crippen LogP contribution in [0.2, 0.25) is 5.02 Å². The van der Waals surface area contributed by atoms with Crippen molar-refractivity contribution in [2.45, 2.75) is 37.3 Å². The monoisotopic (exact) mass is 491 g/mol. The predicted molar refractivity (Wildman–Crippen MR) is 131 cm³/mol. The molecule has 0 aliphatic carbocycles. The fourth-order valence-electron chi connectivity index (χ4n) is 3.73. The van der Waals surface area contributed by atoms with Crippen molar-refractivity contribution in [1.82, 2.24) is 9.88 Å². The predicted octanol–water partition coefficient (Wildman–Crippen LogP) is 4.33. The number of aromatic nitrogens is 1. The van der Waals surface area contributed by atoms with Crippen LogP contribution in [0.25, 0.3) is 10.2 Å². The van der Waals surface area contributed by atoms with E-state index < -0.39 is 15.1 Å². The molecule has 0 atom stereocenters. The lowest BCUT2D eigenvalue weighted by molar-refractivity contribution is -0.130. The smallest absolute Gasteiger partial charge is 0.227 e. The van der Waals surface area contributed by atoms with Crippen LogP contribution in [0.4, 0.5) is 5.13 Å². The van der Waals surface area contributed by atoms with Crippen LogP contribution < -0.4 is 4.90 Å². The SMILES string of the molecule is Cc1ccc(Cl)c2sc(N3CCN(C(=O)Cc4ccc(S(=O)(=O)C(C)C)cc4)CC3)nc12. The third kappa shape index (κ3) is 4.49. The number of amides is 1. The number of carbonyl (C=O) groups is 1. The van der Waals surface area contributed by atoms with Crippen molar-refractivity contribution in [2.24, 2.45) is 0 Å². The second-order valence-corrected chi connectivity index (χ2v) is 12.2. The Balaban J connectivity index is 1.38. The molecule has 3 aromatic rings. The minimum atomic E-state index is -3.30. The highest BCUT2D eigenvalue weighted by molar-refractivity contribution is 7.92. The molecule has 1 aromatic heterocycles. The quantitative estimate of drug-likeness (QED) is 0.531. The zero-order chi connectivity index (χ0) is 23.0. The Bertz CT molecular complexity index is 1210. The maximum Gasteiger partial charge on any atom is 0.227 e. The molecule has 0 spiro atoms. The van der Waals surface area contributed by atoms with E-state index in [0.717, 1.165) is 31.5 Å². The van der Waals surface area contributed by atoms with Gasteiger partial charge in [-0.15, -0.1) is 0 Å². The Hall–Kier alpha value is -2.16. The van der Waals surface area contributed by atoms with Gasteiger partial charge in [0.05, 0.1) is 31.8 Å². The van der Waals surface area contributed by atoms with Crippen LogP contribution in [0.15, 0.2) is 41.3 Å². The van der Waals surface area contributed by atoms with Crippen molar-refractivity contribution < 1.29 is 13.2 Å². The van der Waals surface area contributed by atoms with Gasteiger partial charge in [0.15, 0.2) is 15.0 Å². The van der Waals surface area contributed by atoms with Crippen molar-refractivity contribution in [2.75, 3.05) is 31.1 Å². The fourth-order valence-corrected chi connectivity index (χ4v) is 6.16. The van der Waals surface area contributed by atoms with E-state index in [0.29, 0.717) is 31.1 Å². The maximum absolute atomic E-state index is 12.8. The van der Waals surface area contributed by atoms with Gasteiger partial charge in [0.2, 0.25) is 5.91 Å². The van der Waals surface area contributed by atoms with Crippen LogP contribution in [0, 0.1) is 6.92 Å². The molecule has 32 heavy (non-hydrogen) atoms. The second-order valence-electron chi connectivity index (χ2n) is 8.32. The molecule has 2 heterocycles. The molecular weight excluding hydrogens is 466 g/mol. The molecular formula is C23H26ClN3O3S2. The number of nitrogens with zero attached hydrogens (tertiary/aromatic N) is 3. The first-order valence-corrected chi connectivity index (χ1v) is 13.3. The summed E-state index contributed by atoms with van der Waals surface area (Å²) >= 11 is 7.93. The van der Waals surface area contributed by atoms with E-state index in [-0.39, 0.29) is 12.3 Å². The second kappa shape index (κ2) is 9.00. The number of aryl methyl sites for hydroxylation is 1. The summed E-state index contributed by atoms with van der Waals surface area (Å²) in [4.78, 5) is 21.9. The lowest BCUT2D eigenvalue weighted by atomic mass is 10.1. The van der Waals surface area contributed by atoms with Crippen molar-refractivity contribution >= 4 is 54.0 Å². The number of halogens is 1. The van der Waals surface area contributed by atoms with E-state index in [1.54, 1.807) is 49.4 Å². The summed E-state index contributed by atoms with van der Waals surface area (Å²) < 4.78 is 25.5. The first-order chi connectivity index (χ1) is 15.2. The van der Waals surface area contributed by atoms with Crippen LogP contribution in [0.3, 0.4) is 0 Å². The number of benzene rings is 2. The largest absolute Gasteiger partial charge is 0.345 e. The van der Waals surface area contributed by atoms with Gasteiger partial charge in [0.1, 0.15) is 0 Å². The maximum atomic E-state index is 12.8. The lowest BCUT2D eigenvalue weighted by Gasteiger charge is -2.34. The van der Waals surface area contributed by atoms with Gasteiger partial charge < -0.3 is 9.80 Å². The number of carbonyl (C=O) groups excluding carboxylic acids is 1. The number of piperazine rings is 1. The summed E-state index contributed by atoms with van der Waals surface area (Å²) in [6, 6.07) is 10.5. The van der Waals surface area contributed by atoms with Crippen molar-refractivity contribution in [3.05, 3.63) is 52.5 Å². The highest BCUT2D eigenvalue weighted by atomic mass is 35.5. The molecule has 1 aliphatic rings. The Morgan fingerprint density at radius 3 is 2.34 bits per heavy atom. The number of thiazole rings is 1. The number of anilines is 1. The van der Waals surface area contributed by atoms with Gasteiger partial charge in [-0.3, -0.25) is 4.79 Å². The molecule has 0 radical (unpaired) electrons. The number of sulfone groups is 1. The van der Waals surface area contributed by atoms with E-state index in [1.165, 1.54) is 0 Å². The van der Waals surface area contributed by atoms with E-state index in [4.69, 9.17) is 16.6 Å². The zero-order valence-electron chi connectivity index (χ0n) is 18.3. The Morgan fingerprint density at radius 2 is 1.75 bits per heavy atom. The van der Waals surface area contributed by atoms with Gasteiger partial charge in [-0.2, -0.15) is 0 Å². The van der Waals surface area contributed by atoms with Gasteiger partial charge in [-0.25, -0.2) is 13.4 Å². The fraction of sp³-hybridized carbons (Fsp3) is 0.391. The van der Waals surface area contributed by atoms with Crippen LogP contribution in [-0.4, -0.2) is 55.6 Å². The summed E-state index contributed by atoms with van der Waals surface area (Å²) in [5.41, 5.74) is 2.86. The number of fused-ring (bicyclic) bond motifs is 1. The van der Waals surface area contributed by atoms with Gasteiger partial charge in [-0.05, 0) is 50.1 Å². The van der Waals surface area contributed by atoms with E-state index >= 15 is 0 Å². The molecule has 1 saturated heterocycles. The van der Waals surface area contributed by atoms with Crippen molar-refractivity contribution in [1.29, 1.82) is 0 Å². The van der Waals surface area contributed by atoms with E-state index in [9.17, 15) is 13.2 Å². The first-order valence-electron chi connectivity index (χ1n) is 10.6. The van der Waals surface area contributed by atoms with E-state index in [2.05, 4.69) is 4.90 Å². The molecule has 0 bridgehead atoms. The Kier molecular flexibility index (Phi) is 6.47. The van der Waals surface area contributed by atoms with Gasteiger partial charge in [0, 0.05) is 26.2 Å². The van der Waals surface area contributed by atoms with Gasteiger partial charge >= 0.3 is 0 Å². The van der Waals surface area contributed by atoms with Crippen LogP contribution in [0.5, 0.6) is 0 Å². The van der Waals surface area contributed by atoms with Crippen LogP contribution in [-0.2, 0) is 21.1 Å². The molecule has 2 aromatic carbocycles. The third-order valence-corrected chi connectivity index (χ3v) is 9.56. The highest BCUT2D eigenvalue weighted by Crippen LogP contribution is 2.35. The van der Waals surface area contributed by atoms with Crippen molar-refractivity contribution in [3.63, 3.8) is 0 Å². The van der Waals surface area contributed by atoms with Crippen LogP contribution >= 0.6 is 22.9 Å². The standard InChI is InChI=1S/C23H26ClN3O3S2/c1-15(2)32(29,30)18-7-5-17(6-8-18)14-20(28)26-10-12-27(13-11-26)23-25-21-16(3)4-9-19(24)22(21)31-23/h4-9,15H,10-14H2,1-3H3. The average molecular weight is 492 g/mol. The molecule has 170 valence electrons. The minimum absolute atomic E-state index is 0.0484. The number of rotatable bonds is 5. The van der Waals surface area contributed by atoms with Gasteiger partial charge in [-0.1, -0.05) is 41.1 Å². The summed E-state index contributed by atoms with van der Waals surface area (Å²) in [5, 5.41) is 1.18. The summed E-state index contributed by atoms with van der Waals surface area (Å²) in [7, 11) is -3.30. The molecule has 0 saturated carbocycles. The highest BCUT2D eigenvalue weighted by Gasteiger charge is 2.24. The molecule has 9 heteroatoms. The molecule has 0 N–H and O–H groups in total. The topological polar surface area (TPSA) is 70.6 Å². The van der Waals surface area contributed by atoms with Crippen LogP contribution in [0.1, 0.15) is 25.0 Å². The molecule has 1 fully saturated rings. The summed E-state index contributed by atoms with van der Waals surface area (Å²) in [6.07, 6.45) is 0.262. The zero-order valence-corrected chi connectivity index (χ0v) is 20.7. The average Bonchev–Trinajstić information content (AvgIpc) is 3.24. The number of hydrogen-bond acceptors (Lipinski definition) is 6. The minimum Gasteiger partial charge on any atom is -0.345 e. The molecule has 1 aliphatic heterocycles. The lowest BCUT2D eigenvalue weighted by Crippen LogP contribution is -2.49. The summed E-state index contributed by atoms with van der Waals surface area (Å²) in [5.74, 6) is 0.0484. The normalized spacial score (nSPS) is 15.0. The Labute approximate surface area is 197 Å². The Morgan fingerprint density at radius 1 is 1.09 bits per heavy atom. The summed E-state index contributed by atoms with van der Waals surface area (Å²) in [6.45, 7) is 8.04. The third-order valence-electron chi connectivity index (χ3n) is 5.82. The molecule has 0 unspecified atom stereocenters.